The van der Waals surface area contributed by atoms with E-state index < -0.39 is 10.2 Å². The smallest absolute Gasteiger partial charge is 0.276 e. The maximum Gasteiger partial charge on any atom is 0.276 e. The first-order valence-corrected chi connectivity index (χ1v) is 9.44. The molecule has 2 heterocycles. The highest BCUT2D eigenvalue weighted by Gasteiger charge is 2.27. The highest BCUT2D eigenvalue weighted by molar-refractivity contribution is 7.86. The second kappa shape index (κ2) is 6.23. The molecule has 1 aromatic rings. The lowest BCUT2D eigenvalue weighted by molar-refractivity contribution is 0.0769. The van der Waals surface area contributed by atoms with Gasteiger partial charge in [-0.1, -0.05) is 20.8 Å². The van der Waals surface area contributed by atoms with Crippen LogP contribution in [0.25, 0.3) is 0 Å². The van der Waals surface area contributed by atoms with E-state index in [1.54, 1.807) is 11.1 Å². The van der Waals surface area contributed by atoms with E-state index in [4.69, 9.17) is 5.14 Å². The standard InChI is InChI=1S/C13H22N4O3S2/c1-13(2,3)12-15-9-10(21-12)11(18)16-5-4-6-17(8-7-16)22(14,19)20/h9H,4-8H2,1-3H3,(H2,14,19,20). The lowest BCUT2D eigenvalue weighted by Gasteiger charge is -2.20. The van der Waals surface area contributed by atoms with Gasteiger partial charge < -0.3 is 4.90 Å². The van der Waals surface area contributed by atoms with Gasteiger partial charge in [0.25, 0.3) is 16.1 Å². The first kappa shape index (κ1) is 17.3. The molecule has 0 aliphatic carbocycles. The van der Waals surface area contributed by atoms with Gasteiger partial charge in [-0.2, -0.15) is 12.7 Å². The van der Waals surface area contributed by atoms with E-state index in [1.165, 1.54) is 15.6 Å². The first-order valence-electron chi connectivity index (χ1n) is 7.12. The van der Waals surface area contributed by atoms with Gasteiger partial charge in [0, 0.05) is 31.6 Å². The van der Waals surface area contributed by atoms with Gasteiger partial charge in [0.05, 0.1) is 11.2 Å². The summed E-state index contributed by atoms with van der Waals surface area (Å²) in [5, 5.41) is 6.06. The second-order valence-corrected chi connectivity index (χ2v) is 8.95. The zero-order chi connectivity index (χ0) is 16.5. The Balaban J connectivity index is 2.09. The van der Waals surface area contributed by atoms with Gasteiger partial charge in [-0.05, 0) is 6.42 Å². The summed E-state index contributed by atoms with van der Waals surface area (Å²) in [5.74, 6) is -0.0933. The third kappa shape index (κ3) is 4.03. The van der Waals surface area contributed by atoms with Crippen molar-refractivity contribution in [1.29, 1.82) is 0 Å². The summed E-state index contributed by atoms with van der Waals surface area (Å²) >= 11 is 1.40. The van der Waals surface area contributed by atoms with E-state index in [-0.39, 0.29) is 17.9 Å². The molecule has 0 atom stereocenters. The van der Waals surface area contributed by atoms with E-state index in [0.29, 0.717) is 30.9 Å². The van der Waals surface area contributed by atoms with Gasteiger partial charge in [0.2, 0.25) is 0 Å². The molecule has 2 N–H and O–H groups in total. The summed E-state index contributed by atoms with van der Waals surface area (Å²) in [6.07, 6.45) is 2.18. The van der Waals surface area contributed by atoms with Crippen LogP contribution in [-0.4, -0.2) is 54.7 Å². The fourth-order valence-corrected chi connectivity index (χ4v) is 3.89. The Labute approximate surface area is 135 Å². The first-order chi connectivity index (χ1) is 10.1. The van der Waals surface area contributed by atoms with Gasteiger partial charge in [-0.15, -0.1) is 11.3 Å². The molecule has 1 fully saturated rings. The van der Waals surface area contributed by atoms with E-state index in [2.05, 4.69) is 25.8 Å². The molecule has 2 rings (SSSR count). The number of hydrogen-bond acceptors (Lipinski definition) is 5. The Morgan fingerprint density at radius 1 is 1.27 bits per heavy atom. The summed E-state index contributed by atoms with van der Waals surface area (Å²) in [5.41, 5.74) is -0.0909. The van der Waals surface area contributed by atoms with Gasteiger partial charge in [-0.3, -0.25) is 4.79 Å². The fraction of sp³-hybridized carbons (Fsp3) is 0.692. The second-order valence-electron chi connectivity index (χ2n) is 6.37. The van der Waals surface area contributed by atoms with Gasteiger partial charge in [-0.25, -0.2) is 10.1 Å². The maximum atomic E-state index is 12.5. The average molecular weight is 346 g/mol. The van der Waals surface area contributed by atoms with E-state index in [9.17, 15) is 13.2 Å². The molecule has 0 spiro atoms. The molecule has 7 nitrogen and oxygen atoms in total. The van der Waals surface area contributed by atoms with Crippen LogP contribution in [0.1, 0.15) is 41.9 Å². The zero-order valence-electron chi connectivity index (χ0n) is 13.1. The van der Waals surface area contributed by atoms with Crippen LogP contribution in [0.4, 0.5) is 0 Å². The molecular formula is C13H22N4O3S2. The molecule has 0 bridgehead atoms. The third-order valence-electron chi connectivity index (χ3n) is 3.46. The Kier molecular flexibility index (Phi) is 4.90. The van der Waals surface area contributed by atoms with Crippen molar-refractivity contribution >= 4 is 27.5 Å². The number of thiazole rings is 1. The molecule has 0 aromatic carbocycles. The number of nitrogens with zero attached hydrogens (tertiary/aromatic N) is 3. The number of amides is 1. The number of carbonyl (C=O) groups is 1. The maximum absolute atomic E-state index is 12.5. The molecular weight excluding hydrogens is 324 g/mol. The molecule has 0 unspecified atom stereocenters. The molecule has 0 radical (unpaired) electrons. The predicted octanol–water partition coefficient (Wildman–Crippen LogP) is 0.792. The SMILES string of the molecule is CC(C)(C)c1ncc(C(=O)N2CCCN(S(N)(=O)=O)CC2)s1. The Morgan fingerprint density at radius 2 is 1.95 bits per heavy atom. The van der Waals surface area contributed by atoms with Crippen LogP contribution in [0, 0.1) is 0 Å². The molecule has 124 valence electrons. The van der Waals surface area contributed by atoms with Crippen molar-refractivity contribution in [3.05, 3.63) is 16.1 Å². The molecule has 22 heavy (non-hydrogen) atoms. The normalized spacial score (nSPS) is 18.3. The summed E-state index contributed by atoms with van der Waals surface area (Å²) in [4.78, 5) is 19.1. The van der Waals surface area contributed by atoms with Gasteiger partial charge in [0.15, 0.2) is 0 Å². The third-order valence-corrected chi connectivity index (χ3v) is 5.96. The quantitative estimate of drug-likeness (QED) is 0.856. The Morgan fingerprint density at radius 3 is 2.50 bits per heavy atom. The summed E-state index contributed by atoms with van der Waals surface area (Å²) in [7, 11) is -3.69. The lowest BCUT2D eigenvalue weighted by atomic mass is 9.98. The van der Waals surface area contributed by atoms with Crippen molar-refractivity contribution < 1.29 is 13.2 Å². The molecule has 1 aliphatic rings. The average Bonchev–Trinajstić information content (AvgIpc) is 2.74. The van der Waals surface area contributed by atoms with Crippen LogP contribution in [-0.2, 0) is 15.6 Å². The van der Waals surface area contributed by atoms with Crippen molar-refractivity contribution in [1.82, 2.24) is 14.2 Å². The minimum absolute atomic E-state index is 0.0909. The van der Waals surface area contributed by atoms with Crippen molar-refractivity contribution in [2.24, 2.45) is 5.14 Å². The van der Waals surface area contributed by atoms with E-state index >= 15 is 0 Å². The summed E-state index contributed by atoms with van der Waals surface area (Å²) in [6, 6.07) is 0. The highest BCUT2D eigenvalue weighted by Crippen LogP contribution is 2.27. The zero-order valence-corrected chi connectivity index (χ0v) is 14.7. The minimum atomic E-state index is -3.69. The summed E-state index contributed by atoms with van der Waals surface area (Å²) < 4.78 is 24.0. The van der Waals surface area contributed by atoms with Crippen LogP contribution in [0.3, 0.4) is 0 Å². The molecule has 1 amide bonds. The topological polar surface area (TPSA) is 96.6 Å². The minimum Gasteiger partial charge on any atom is -0.337 e. The van der Waals surface area contributed by atoms with Crippen molar-refractivity contribution in [2.45, 2.75) is 32.6 Å². The Hall–Kier alpha value is -1.03. The van der Waals surface area contributed by atoms with Crippen LogP contribution in [0.2, 0.25) is 0 Å². The van der Waals surface area contributed by atoms with Crippen molar-refractivity contribution in [3.8, 4) is 0 Å². The molecule has 0 saturated carbocycles. The van der Waals surface area contributed by atoms with Crippen molar-refractivity contribution in [2.75, 3.05) is 26.2 Å². The van der Waals surface area contributed by atoms with Crippen LogP contribution in [0.5, 0.6) is 0 Å². The Bertz CT molecular complexity index is 648. The summed E-state index contributed by atoms with van der Waals surface area (Å²) in [6.45, 7) is 7.60. The van der Waals surface area contributed by atoms with Gasteiger partial charge in [0.1, 0.15) is 4.88 Å². The molecule has 1 saturated heterocycles. The monoisotopic (exact) mass is 346 g/mol. The van der Waals surface area contributed by atoms with Crippen LogP contribution >= 0.6 is 11.3 Å². The molecule has 1 aromatic heterocycles. The largest absolute Gasteiger partial charge is 0.337 e. The lowest BCUT2D eigenvalue weighted by Crippen LogP contribution is -2.40. The highest BCUT2D eigenvalue weighted by atomic mass is 32.2. The number of nitrogens with two attached hydrogens (primary N) is 1. The van der Waals surface area contributed by atoms with Gasteiger partial charge >= 0.3 is 0 Å². The number of rotatable bonds is 2. The van der Waals surface area contributed by atoms with E-state index in [0.717, 1.165) is 5.01 Å². The number of hydrogen-bond donors (Lipinski definition) is 1. The van der Waals surface area contributed by atoms with Crippen LogP contribution in [0.15, 0.2) is 6.20 Å². The number of carbonyl (C=O) groups excluding carboxylic acids is 1. The predicted molar refractivity (Wildman–Crippen MR) is 86.0 cm³/mol. The fourth-order valence-electron chi connectivity index (χ4n) is 2.23. The molecule has 1 aliphatic heterocycles. The van der Waals surface area contributed by atoms with Crippen molar-refractivity contribution in [3.63, 3.8) is 0 Å². The van der Waals surface area contributed by atoms with E-state index in [1.807, 2.05) is 0 Å². The van der Waals surface area contributed by atoms with Crippen LogP contribution < -0.4 is 5.14 Å². The molecule has 9 heteroatoms. The number of aromatic nitrogens is 1.